The molecule has 2 aromatic heterocycles. The minimum absolute atomic E-state index is 0.311. The molecule has 0 unspecified atom stereocenters. The molecule has 0 radical (unpaired) electrons. The van der Waals surface area contributed by atoms with Crippen molar-refractivity contribution in [1.29, 1.82) is 0 Å². The number of nitrogens with one attached hydrogen (secondary N) is 2. The number of aromatic nitrogens is 2. The number of halogens is 1. The standard InChI is InChI=1S/C19H14FN3O/c1-11-7-8-14(20)13-10-16(22-17(11)13)19(24)23-15-6-2-4-12-5-3-9-21-18(12)15/h2-10,22H,1H3,(H,23,24). The molecule has 0 aliphatic heterocycles. The Hall–Kier alpha value is -3.21. The number of nitrogens with zero attached hydrogens (tertiary/aromatic N) is 1. The fourth-order valence-electron chi connectivity index (χ4n) is 2.84. The van der Waals surface area contributed by atoms with Crippen molar-refractivity contribution in [2.24, 2.45) is 0 Å². The summed E-state index contributed by atoms with van der Waals surface area (Å²) in [5.74, 6) is -0.680. The fourth-order valence-corrected chi connectivity index (χ4v) is 2.84. The maximum absolute atomic E-state index is 13.9. The van der Waals surface area contributed by atoms with Crippen molar-refractivity contribution >= 4 is 33.4 Å². The van der Waals surface area contributed by atoms with E-state index < -0.39 is 0 Å². The third-order valence-electron chi connectivity index (χ3n) is 4.07. The van der Waals surface area contributed by atoms with Crippen molar-refractivity contribution in [3.8, 4) is 0 Å². The third-order valence-corrected chi connectivity index (χ3v) is 4.07. The lowest BCUT2D eigenvalue weighted by Gasteiger charge is -2.06. The number of fused-ring (bicyclic) bond motifs is 2. The lowest BCUT2D eigenvalue weighted by Crippen LogP contribution is -2.12. The zero-order valence-corrected chi connectivity index (χ0v) is 12.9. The summed E-state index contributed by atoms with van der Waals surface area (Å²) in [5, 5.41) is 4.20. The van der Waals surface area contributed by atoms with Crippen molar-refractivity contribution in [1.82, 2.24) is 9.97 Å². The molecule has 2 aromatic carbocycles. The first-order valence-electron chi connectivity index (χ1n) is 7.56. The van der Waals surface area contributed by atoms with E-state index in [1.807, 2.05) is 31.2 Å². The summed E-state index contributed by atoms with van der Waals surface area (Å²) in [5.41, 5.74) is 3.17. The van der Waals surface area contributed by atoms with E-state index in [1.54, 1.807) is 18.3 Å². The van der Waals surface area contributed by atoms with Gasteiger partial charge in [0.05, 0.1) is 16.7 Å². The molecule has 0 aliphatic rings. The van der Waals surface area contributed by atoms with Crippen molar-refractivity contribution < 1.29 is 9.18 Å². The number of amides is 1. The number of para-hydroxylation sites is 1. The van der Waals surface area contributed by atoms with E-state index in [0.717, 1.165) is 10.9 Å². The topological polar surface area (TPSA) is 57.8 Å². The Morgan fingerprint density at radius 1 is 1.17 bits per heavy atom. The zero-order chi connectivity index (χ0) is 16.7. The molecule has 118 valence electrons. The van der Waals surface area contributed by atoms with Crippen LogP contribution in [0.25, 0.3) is 21.8 Å². The molecule has 5 heteroatoms. The van der Waals surface area contributed by atoms with Gasteiger partial charge in [0, 0.05) is 17.0 Å². The maximum Gasteiger partial charge on any atom is 0.272 e. The third kappa shape index (κ3) is 2.31. The van der Waals surface area contributed by atoms with Crippen LogP contribution in [0, 0.1) is 12.7 Å². The fraction of sp³-hybridized carbons (Fsp3) is 0.0526. The number of rotatable bonds is 2. The van der Waals surface area contributed by atoms with Crippen LogP contribution >= 0.6 is 0 Å². The molecular weight excluding hydrogens is 305 g/mol. The Morgan fingerprint density at radius 3 is 2.83 bits per heavy atom. The molecular formula is C19H14FN3O. The van der Waals surface area contributed by atoms with E-state index in [1.165, 1.54) is 12.1 Å². The molecule has 24 heavy (non-hydrogen) atoms. The molecule has 0 aliphatic carbocycles. The van der Waals surface area contributed by atoms with Crippen LogP contribution in [-0.4, -0.2) is 15.9 Å². The zero-order valence-electron chi connectivity index (χ0n) is 12.9. The van der Waals surface area contributed by atoms with Gasteiger partial charge >= 0.3 is 0 Å². The molecule has 4 nitrogen and oxygen atoms in total. The number of carbonyl (C=O) groups excluding carboxylic acids is 1. The van der Waals surface area contributed by atoms with Gasteiger partial charge in [-0.25, -0.2) is 4.39 Å². The lowest BCUT2D eigenvalue weighted by atomic mass is 10.1. The summed E-state index contributed by atoms with van der Waals surface area (Å²) in [6, 6.07) is 14.0. The van der Waals surface area contributed by atoms with E-state index in [-0.39, 0.29) is 11.7 Å². The van der Waals surface area contributed by atoms with Gasteiger partial charge in [-0.05, 0) is 36.8 Å². The highest BCUT2D eigenvalue weighted by Crippen LogP contribution is 2.24. The van der Waals surface area contributed by atoms with Crippen LogP contribution in [0.1, 0.15) is 16.1 Å². The quantitative estimate of drug-likeness (QED) is 0.575. The number of H-pyrrole nitrogens is 1. The average molecular weight is 319 g/mol. The predicted octanol–water partition coefficient (Wildman–Crippen LogP) is 4.42. The summed E-state index contributed by atoms with van der Waals surface area (Å²) in [6.45, 7) is 1.87. The van der Waals surface area contributed by atoms with Crippen molar-refractivity contribution in [2.45, 2.75) is 6.92 Å². The van der Waals surface area contributed by atoms with Gasteiger partial charge in [0.1, 0.15) is 11.5 Å². The van der Waals surface area contributed by atoms with Gasteiger partial charge in [-0.2, -0.15) is 0 Å². The number of benzene rings is 2. The summed E-state index contributed by atoms with van der Waals surface area (Å²) in [4.78, 5) is 19.9. The number of hydrogen-bond acceptors (Lipinski definition) is 2. The SMILES string of the molecule is Cc1ccc(F)c2cc(C(=O)Nc3cccc4cccnc34)[nH]c12. The van der Waals surface area contributed by atoms with Crippen LogP contribution in [0.5, 0.6) is 0 Å². The van der Waals surface area contributed by atoms with Crippen LogP contribution in [-0.2, 0) is 0 Å². The number of pyridine rings is 1. The molecule has 0 atom stereocenters. The average Bonchev–Trinajstić information content (AvgIpc) is 3.05. The van der Waals surface area contributed by atoms with E-state index >= 15 is 0 Å². The predicted molar refractivity (Wildman–Crippen MR) is 92.7 cm³/mol. The first-order valence-corrected chi connectivity index (χ1v) is 7.56. The molecule has 0 saturated carbocycles. The minimum atomic E-state index is -0.349. The summed E-state index contributed by atoms with van der Waals surface area (Å²) in [6.07, 6.45) is 1.68. The van der Waals surface area contributed by atoms with Crippen molar-refractivity contribution in [2.75, 3.05) is 5.32 Å². The van der Waals surface area contributed by atoms with Crippen LogP contribution in [0.15, 0.2) is 54.7 Å². The van der Waals surface area contributed by atoms with Crippen molar-refractivity contribution in [3.05, 3.63) is 71.8 Å². The van der Waals surface area contributed by atoms with Gasteiger partial charge < -0.3 is 10.3 Å². The molecule has 2 heterocycles. The van der Waals surface area contributed by atoms with Gasteiger partial charge in [-0.3, -0.25) is 9.78 Å². The van der Waals surface area contributed by atoms with E-state index in [9.17, 15) is 9.18 Å². The molecule has 4 aromatic rings. The number of hydrogen-bond donors (Lipinski definition) is 2. The molecule has 0 bridgehead atoms. The largest absolute Gasteiger partial charge is 0.350 e. The summed E-state index contributed by atoms with van der Waals surface area (Å²) >= 11 is 0. The number of anilines is 1. The Balaban J connectivity index is 1.74. The van der Waals surface area contributed by atoms with Crippen molar-refractivity contribution in [3.63, 3.8) is 0 Å². The smallest absolute Gasteiger partial charge is 0.272 e. The second kappa shape index (κ2) is 5.45. The maximum atomic E-state index is 13.9. The molecule has 2 N–H and O–H groups in total. The van der Waals surface area contributed by atoms with Gasteiger partial charge in [0.25, 0.3) is 5.91 Å². The second-order valence-electron chi connectivity index (χ2n) is 5.67. The van der Waals surface area contributed by atoms with Crippen LogP contribution in [0.2, 0.25) is 0 Å². The van der Waals surface area contributed by atoms with E-state index in [0.29, 0.717) is 27.8 Å². The number of aromatic amines is 1. The number of aryl methyl sites for hydroxylation is 1. The Labute approximate surface area is 137 Å². The van der Waals surface area contributed by atoms with Crippen LogP contribution in [0.3, 0.4) is 0 Å². The lowest BCUT2D eigenvalue weighted by molar-refractivity contribution is 0.102. The Bertz CT molecular complexity index is 1040. The molecule has 0 spiro atoms. The molecule has 1 amide bonds. The Morgan fingerprint density at radius 2 is 2.00 bits per heavy atom. The van der Waals surface area contributed by atoms with Gasteiger partial charge in [0.15, 0.2) is 0 Å². The molecule has 4 rings (SSSR count). The Kier molecular flexibility index (Phi) is 3.27. The van der Waals surface area contributed by atoms with Gasteiger partial charge in [-0.1, -0.05) is 24.3 Å². The first-order chi connectivity index (χ1) is 11.6. The van der Waals surface area contributed by atoms with Gasteiger partial charge in [-0.15, -0.1) is 0 Å². The van der Waals surface area contributed by atoms with Crippen LogP contribution in [0.4, 0.5) is 10.1 Å². The first kappa shape index (κ1) is 14.4. The highest BCUT2D eigenvalue weighted by molar-refractivity contribution is 6.09. The molecule has 0 saturated heterocycles. The molecule has 0 fully saturated rings. The monoisotopic (exact) mass is 319 g/mol. The van der Waals surface area contributed by atoms with E-state index in [4.69, 9.17) is 0 Å². The normalized spacial score (nSPS) is 11.1. The summed E-state index contributed by atoms with van der Waals surface area (Å²) in [7, 11) is 0. The highest BCUT2D eigenvalue weighted by atomic mass is 19.1. The second-order valence-corrected chi connectivity index (χ2v) is 5.67. The minimum Gasteiger partial charge on any atom is -0.350 e. The number of carbonyl (C=O) groups is 1. The summed E-state index contributed by atoms with van der Waals surface area (Å²) < 4.78 is 13.9. The highest BCUT2D eigenvalue weighted by Gasteiger charge is 2.14. The van der Waals surface area contributed by atoms with Crippen LogP contribution < -0.4 is 5.32 Å². The van der Waals surface area contributed by atoms with E-state index in [2.05, 4.69) is 15.3 Å². The van der Waals surface area contributed by atoms with Gasteiger partial charge in [0.2, 0.25) is 0 Å².